The Hall–Kier alpha value is -4.53. The van der Waals surface area contributed by atoms with Crippen LogP contribution in [0, 0.1) is 11.6 Å². The van der Waals surface area contributed by atoms with Gasteiger partial charge in [-0.25, -0.2) is 18.3 Å². The van der Waals surface area contributed by atoms with Crippen LogP contribution >= 0.6 is 0 Å². The van der Waals surface area contributed by atoms with E-state index in [0.29, 0.717) is 34.9 Å². The molecule has 7 nitrogen and oxygen atoms in total. The molecule has 0 spiro atoms. The molecule has 0 atom stereocenters. The summed E-state index contributed by atoms with van der Waals surface area (Å²) in [5, 5.41) is 12.6. The zero-order valence-electron chi connectivity index (χ0n) is 20.5. The van der Waals surface area contributed by atoms with Gasteiger partial charge >= 0.3 is 6.03 Å². The largest absolute Gasteiger partial charge is 0.348 e. The van der Waals surface area contributed by atoms with E-state index in [1.807, 2.05) is 26.8 Å². The minimum atomic E-state index is -0.680. The minimum Gasteiger partial charge on any atom is -0.348 e. The second kappa shape index (κ2) is 9.16. The van der Waals surface area contributed by atoms with Crippen LogP contribution in [0.25, 0.3) is 16.8 Å². The average molecular weight is 502 g/mol. The normalized spacial score (nSPS) is 12.7. The van der Waals surface area contributed by atoms with E-state index in [1.54, 1.807) is 36.4 Å². The predicted molar refractivity (Wildman–Crippen MR) is 138 cm³/mol. The summed E-state index contributed by atoms with van der Waals surface area (Å²) in [7, 11) is 0. The van der Waals surface area contributed by atoms with E-state index in [2.05, 4.69) is 21.0 Å². The van der Waals surface area contributed by atoms with Gasteiger partial charge in [0.15, 0.2) is 0 Å². The van der Waals surface area contributed by atoms with E-state index >= 15 is 4.39 Å². The monoisotopic (exact) mass is 501 g/mol. The zero-order valence-corrected chi connectivity index (χ0v) is 20.5. The van der Waals surface area contributed by atoms with Crippen molar-refractivity contribution in [2.75, 3.05) is 10.6 Å². The molecule has 5 rings (SSSR count). The molecule has 0 fully saturated rings. The number of rotatable bonds is 4. The maximum absolute atomic E-state index is 15.0. The number of fused-ring (bicyclic) bond motifs is 1. The van der Waals surface area contributed by atoms with Gasteiger partial charge in [-0.05, 0) is 53.1 Å². The third-order valence-corrected chi connectivity index (χ3v) is 6.15. The van der Waals surface area contributed by atoms with Crippen molar-refractivity contribution >= 4 is 23.4 Å². The van der Waals surface area contributed by atoms with E-state index in [-0.39, 0.29) is 17.0 Å². The van der Waals surface area contributed by atoms with Gasteiger partial charge in [-0.3, -0.25) is 10.1 Å². The maximum atomic E-state index is 15.0. The molecule has 3 N–H and O–H groups in total. The fourth-order valence-corrected chi connectivity index (χ4v) is 4.22. The van der Waals surface area contributed by atoms with E-state index in [0.717, 1.165) is 11.1 Å². The lowest BCUT2D eigenvalue weighted by molar-refractivity contribution is 0.0965. The van der Waals surface area contributed by atoms with Crippen LogP contribution in [0.5, 0.6) is 0 Å². The maximum Gasteiger partial charge on any atom is 0.324 e. The Morgan fingerprint density at radius 2 is 1.73 bits per heavy atom. The second-order valence-electron chi connectivity index (χ2n) is 9.84. The lowest BCUT2D eigenvalue weighted by atomic mass is 9.92. The van der Waals surface area contributed by atoms with Crippen LogP contribution in [-0.4, -0.2) is 21.7 Å². The molecule has 3 aromatic carbocycles. The summed E-state index contributed by atoms with van der Waals surface area (Å²) >= 11 is 0. The summed E-state index contributed by atoms with van der Waals surface area (Å²) < 4.78 is 30.3. The number of urea groups is 1. The van der Waals surface area contributed by atoms with Crippen LogP contribution in [-0.2, 0) is 12.0 Å². The minimum absolute atomic E-state index is 0.0177. The molecule has 0 aliphatic carbocycles. The van der Waals surface area contributed by atoms with E-state index in [1.165, 1.54) is 28.9 Å². The van der Waals surface area contributed by atoms with Gasteiger partial charge < -0.3 is 10.6 Å². The smallest absolute Gasteiger partial charge is 0.324 e. The summed E-state index contributed by atoms with van der Waals surface area (Å²) in [6.07, 6.45) is 0. The molecule has 37 heavy (non-hydrogen) atoms. The summed E-state index contributed by atoms with van der Waals surface area (Å²) in [6.45, 7) is 6.30. The molecule has 2 heterocycles. The van der Waals surface area contributed by atoms with Crippen molar-refractivity contribution in [3.05, 3.63) is 95.2 Å². The fraction of sp³-hybridized carbons (Fsp3) is 0.179. The number of carbonyl (C=O) groups is 2. The van der Waals surface area contributed by atoms with E-state index < -0.39 is 17.7 Å². The molecular formula is C28H25F2N5O2. The second-order valence-corrected chi connectivity index (χ2v) is 9.84. The first-order valence-electron chi connectivity index (χ1n) is 11.7. The van der Waals surface area contributed by atoms with E-state index in [9.17, 15) is 14.0 Å². The number of halogens is 2. The van der Waals surface area contributed by atoms with Gasteiger partial charge in [-0.15, -0.1) is 0 Å². The van der Waals surface area contributed by atoms with Crippen LogP contribution in [0.15, 0.2) is 66.7 Å². The summed E-state index contributed by atoms with van der Waals surface area (Å²) in [5.74, 6) is -0.912. The van der Waals surface area contributed by atoms with Gasteiger partial charge in [0.1, 0.15) is 17.5 Å². The van der Waals surface area contributed by atoms with Crippen molar-refractivity contribution in [2.24, 2.45) is 0 Å². The third-order valence-electron chi connectivity index (χ3n) is 6.15. The molecule has 0 bridgehead atoms. The van der Waals surface area contributed by atoms with Crippen molar-refractivity contribution in [3.8, 4) is 16.8 Å². The van der Waals surface area contributed by atoms with Crippen LogP contribution in [0.4, 0.5) is 25.1 Å². The van der Waals surface area contributed by atoms with Crippen molar-refractivity contribution in [1.82, 2.24) is 15.1 Å². The topological polar surface area (TPSA) is 88.0 Å². The SMILES string of the molecule is CC(C)(C)c1cc(NC(=O)Nc2ccc(-c3cccc4c3CNC4=O)cc2F)n(-c2cccc(F)c2)n1. The van der Waals surface area contributed by atoms with Gasteiger partial charge in [0.05, 0.1) is 17.1 Å². The van der Waals surface area contributed by atoms with Crippen LogP contribution in [0.2, 0.25) is 0 Å². The van der Waals surface area contributed by atoms with Crippen molar-refractivity contribution in [2.45, 2.75) is 32.7 Å². The van der Waals surface area contributed by atoms with Crippen LogP contribution in [0.3, 0.4) is 0 Å². The first-order chi connectivity index (χ1) is 17.6. The van der Waals surface area contributed by atoms with Crippen LogP contribution in [0.1, 0.15) is 42.4 Å². The Balaban J connectivity index is 1.39. The molecule has 9 heteroatoms. The molecule has 1 aliphatic rings. The highest BCUT2D eigenvalue weighted by molar-refractivity contribution is 6.01. The number of hydrogen-bond donors (Lipinski definition) is 3. The Morgan fingerprint density at radius 3 is 2.46 bits per heavy atom. The van der Waals surface area contributed by atoms with Gasteiger partial charge in [0.25, 0.3) is 5.91 Å². The van der Waals surface area contributed by atoms with Crippen LogP contribution < -0.4 is 16.0 Å². The predicted octanol–water partition coefficient (Wildman–Crippen LogP) is 6.00. The number of carbonyl (C=O) groups excluding carboxylic acids is 2. The van der Waals surface area contributed by atoms with Gasteiger partial charge in [0.2, 0.25) is 0 Å². The highest BCUT2D eigenvalue weighted by Gasteiger charge is 2.23. The molecule has 188 valence electrons. The third kappa shape index (κ3) is 4.80. The highest BCUT2D eigenvalue weighted by Crippen LogP contribution is 2.31. The first-order valence-corrected chi connectivity index (χ1v) is 11.7. The molecule has 1 aliphatic heterocycles. The first kappa shape index (κ1) is 24.2. The Bertz CT molecular complexity index is 1540. The van der Waals surface area contributed by atoms with Crippen molar-refractivity contribution < 1.29 is 18.4 Å². The zero-order chi connectivity index (χ0) is 26.3. The van der Waals surface area contributed by atoms with Crippen molar-refractivity contribution in [1.29, 1.82) is 0 Å². The molecular weight excluding hydrogens is 476 g/mol. The number of anilines is 2. The Morgan fingerprint density at radius 1 is 0.973 bits per heavy atom. The van der Waals surface area contributed by atoms with Gasteiger partial charge in [-0.1, -0.05) is 45.0 Å². The molecule has 0 radical (unpaired) electrons. The van der Waals surface area contributed by atoms with Gasteiger partial charge in [0, 0.05) is 23.6 Å². The molecule has 4 aromatic rings. The lowest BCUT2D eigenvalue weighted by Gasteiger charge is -2.14. The molecule has 0 unspecified atom stereocenters. The molecule has 0 saturated heterocycles. The quantitative estimate of drug-likeness (QED) is 0.320. The molecule has 0 saturated carbocycles. The summed E-state index contributed by atoms with van der Waals surface area (Å²) in [5.41, 5.74) is 3.50. The molecule has 3 amide bonds. The Kier molecular flexibility index (Phi) is 5.99. The summed E-state index contributed by atoms with van der Waals surface area (Å²) in [4.78, 5) is 24.8. The number of aromatic nitrogens is 2. The number of nitrogens with zero attached hydrogens (tertiary/aromatic N) is 2. The number of amides is 3. The average Bonchev–Trinajstić information content (AvgIpc) is 3.44. The Labute approximate surface area is 212 Å². The standard InChI is InChI=1S/C28H25F2N5O2/c1-28(2,3)24-14-25(35(34-24)18-7-4-6-17(29)13-18)33-27(37)32-23-11-10-16(12-22(23)30)19-8-5-9-20-21(19)15-31-26(20)36/h4-14H,15H2,1-3H3,(H,31,36)(H2,32,33,37). The lowest BCUT2D eigenvalue weighted by Crippen LogP contribution is -2.22. The van der Waals surface area contributed by atoms with E-state index in [4.69, 9.17) is 0 Å². The fourth-order valence-electron chi connectivity index (χ4n) is 4.22. The number of nitrogens with one attached hydrogen (secondary N) is 3. The number of benzene rings is 3. The van der Waals surface area contributed by atoms with Gasteiger partial charge in [-0.2, -0.15) is 5.10 Å². The highest BCUT2D eigenvalue weighted by atomic mass is 19.1. The molecule has 1 aromatic heterocycles. The van der Waals surface area contributed by atoms with Crippen molar-refractivity contribution in [3.63, 3.8) is 0 Å². The summed E-state index contributed by atoms with van der Waals surface area (Å²) in [6, 6.07) is 16.7. The number of hydrogen-bond acceptors (Lipinski definition) is 3.